The average molecular weight is 178 g/mol. The minimum Gasteiger partial charge on any atom is -0.394 e. The Labute approximate surface area is 74.9 Å². The third-order valence-electron chi connectivity index (χ3n) is 1.92. The zero-order chi connectivity index (χ0) is 9.26. The van der Waals surface area contributed by atoms with Crippen LogP contribution in [0, 0.1) is 0 Å². The second-order valence-corrected chi connectivity index (χ2v) is 2.78. The first kappa shape index (κ1) is 8.15. The van der Waals surface area contributed by atoms with Gasteiger partial charge in [-0.3, -0.25) is 9.38 Å². The van der Waals surface area contributed by atoms with Gasteiger partial charge in [0.25, 0.3) is 0 Å². The van der Waals surface area contributed by atoms with Gasteiger partial charge in [0.15, 0.2) is 5.65 Å². The predicted molar refractivity (Wildman–Crippen MR) is 47.0 cm³/mol. The summed E-state index contributed by atoms with van der Waals surface area (Å²) in [7, 11) is 0. The number of nitrogens with two attached hydrogens (primary N) is 1. The second-order valence-electron chi connectivity index (χ2n) is 2.78. The molecule has 2 aromatic heterocycles. The lowest BCUT2D eigenvalue weighted by Crippen LogP contribution is -2.16. The third-order valence-corrected chi connectivity index (χ3v) is 1.92. The molecule has 0 aliphatic heterocycles. The van der Waals surface area contributed by atoms with Crippen LogP contribution in [0.5, 0.6) is 0 Å². The van der Waals surface area contributed by atoms with Gasteiger partial charge >= 0.3 is 0 Å². The summed E-state index contributed by atoms with van der Waals surface area (Å²) < 4.78 is 1.81. The van der Waals surface area contributed by atoms with E-state index in [0.29, 0.717) is 0 Å². The van der Waals surface area contributed by atoms with Gasteiger partial charge in [-0.1, -0.05) is 0 Å². The van der Waals surface area contributed by atoms with E-state index in [4.69, 9.17) is 10.8 Å². The maximum absolute atomic E-state index is 8.88. The molecule has 5 heteroatoms. The van der Waals surface area contributed by atoms with E-state index in [1.54, 1.807) is 24.8 Å². The number of aliphatic hydroxyl groups is 1. The Bertz CT molecular complexity index is 411. The number of hydrogen-bond donors (Lipinski definition) is 2. The number of fused-ring (bicyclic) bond motifs is 1. The van der Waals surface area contributed by atoms with E-state index in [2.05, 4.69) is 9.97 Å². The molecule has 2 rings (SSSR count). The van der Waals surface area contributed by atoms with Crippen molar-refractivity contribution in [3.05, 3.63) is 30.5 Å². The number of nitrogens with zero attached hydrogens (tertiary/aromatic N) is 3. The zero-order valence-corrected chi connectivity index (χ0v) is 6.96. The average Bonchev–Trinajstić information content (AvgIpc) is 2.60. The molecule has 0 saturated carbocycles. The first-order chi connectivity index (χ1) is 6.33. The minimum atomic E-state index is -0.391. The fourth-order valence-corrected chi connectivity index (χ4v) is 1.23. The smallest absolute Gasteiger partial charge is 0.155 e. The van der Waals surface area contributed by atoms with Crippen LogP contribution in [0.3, 0.4) is 0 Å². The van der Waals surface area contributed by atoms with Crippen LogP contribution in [0.4, 0.5) is 0 Å². The summed E-state index contributed by atoms with van der Waals surface area (Å²) in [5.41, 5.74) is 7.20. The molecule has 2 heterocycles. The Morgan fingerprint density at radius 1 is 1.54 bits per heavy atom. The van der Waals surface area contributed by atoms with Gasteiger partial charge in [-0.05, 0) is 0 Å². The lowest BCUT2D eigenvalue weighted by molar-refractivity contribution is 0.265. The Hall–Kier alpha value is -1.46. The maximum atomic E-state index is 8.88. The molecular weight excluding hydrogens is 168 g/mol. The van der Waals surface area contributed by atoms with E-state index in [0.717, 1.165) is 11.3 Å². The minimum absolute atomic E-state index is 0.0872. The number of hydrogen-bond acceptors (Lipinski definition) is 4. The van der Waals surface area contributed by atoms with Crippen molar-refractivity contribution in [2.75, 3.05) is 6.61 Å². The highest BCUT2D eigenvalue weighted by atomic mass is 16.3. The van der Waals surface area contributed by atoms with E-state index in [1.807, 2.05) is 4.40 Å². The Morgan fingerprint density at radius 2 is 2.38 bits per heavy atom. The third kappa shape index (κ3) is 1.28. The molecule has 0 radical (unpaired) electrons. The summed E-state index contributed by atoms with van der Waals surface area (Å²) in [5.74, 6) is 0. The molecule has 0 amide bonds. The predicted octanol–water partition coefficient (Wildman–Crippen LogP) is -0.279. The van der Waals surface area contributed by atoms with E-state index in [-0.39, 0.29) is 6.61 Å². The lowest BCUT2D eigenvalue weighted by atomic mass is 10.2. The van der Waals surface area contributed by atoms with Crippen molar-refractivity contribution in [1.29, 1.82) is 0 Å². The molecule has 3 N–H and O–H groups in total. The van der Waals surface area contributed by atoms with Crippen LogP contribution >= 0.6 is 0 Å². The number of aromatic nitrogens is 3. The van der Waals surface area contributed by atoms with E-state index < -0.39 is 6.04 Å². The molecule has 0 aliphatic carbocycles. The molecule has 0 saturated heterocycles. The number of aliphatic hydroxyl groups excluding tert-OH is 1. The summed E-state index contributed by atoms with van der Waals surface area (Å²) in [6, 6.07) is -0.391. The SMILES string of the molecule is NC(CO)c1cnc2cnccn12. The van der Waals surface area contributed by atoms with Crippen molar-refractivity contribution in [2.45, 2.75) is 6.04 Å². The zero-order valence-electron chi connectivity index (χ0n) is 6.96. The van der Waals surface area contributed by atoms with Gasteiger partial charge in [0.2, 0.25) is 0 Å². The Balaban J connectivity index is 2.57. The normalized spacial score (nSPS) is 13.4. The van der Waals surface area contributed by atoms with Crippen LogP contribution in [0.25, 0.3) is 5.65 Å². The van der Waals surface area contributed by atoms with E-state index in [9.17, 15) is 0 Å². The highest BCUT2D eigenvalue weighted by Gasteiger charge is 2.09. The van der Waals surface area contributed by atoms with Crippen LogP contribution < -0.4 is 5.73 Å². The molecule has 0 aliphatic rings. The van der Waals surface area contributed by atoms with Crippen molar-refractivity contribution >= 4 is 5.65 Å². The molecule has 0 bridgehead atoms. The fourth-order valence-electron chi connectivity index (χ4n) is 1.23. The molecular formula is C8H10N4O. The first-order valence-electron chi connectivity index (χ1n) is 3.96. The van der Waals surface area contributed by atoms with E-state index in [1.165, 1.54) is 0 Å². The molecule has 0 spiro atoms. The van der Waals surface area contributed by atoms with Gasteiger partial charge in [-0.25, -0.2) is 4.98 Å². The van der Waals surface area contributed by atoms with Gasteiger partial charge in [0.1, 0.15) is 0 Å². The molecule has 68 valence electrons. The standard InChI is InChI=1S/C8H10N4O/c9-6(5-13)7-3-11-8-4-10-1-2-12(7)8/h1-4,6,13H,5,9H2. The summed E-state index contributed by atoms with van der Waals surface area (Å²) in [5, 5.41) is 8.88. The van der Waals surface area contributed by atoms with Crippen molar-refractivity contribution < 1.29 is 5.11 Å². The van der Waals surface area contributed by atoms with Gasteiger partial charge in [0.05, 0.1) is 30.7 Å². The Kier molecular flexibility index (Phi) is 1.96. The summed E-state index contributed by atoms with van der Waals surface area (Å²) in [4.78, 5) is 8.02. The molecule has 5 nitrogen and oxygen atoms in total. The first-order valence-corrected chi connectivity index (χ1v) is 3.96. The molecule has 0 fully saturated rings. The van der Waals surface area contributed by atoms with Crippen LogP contribution in [0.15, 0.2) is 24.8 Å². The van der Waals surface area contributed by atoms with E-state index >= 15 is 0 Å². The van der Waals surface area contributed by atoms with Crippen LogP contribution in [0.2, 0.25) is 0 Å². The molecule has 0 aromatic carbocycles. The van der Waals surface area contributed by atoms with Crippen LogP contribution in [-0.4, -0.2) is 26.1 Å². The maximum Gasteiger partial charge on any atom is 0.155 e. The molecule has 1 atom stereocenters. The van der Waals surface area contributed by atoms with Crippen molar-refractivity contribution in [3.63, 3.8) is 0 Å². The van der Waals surface area contributed by atoms with Gasteiger partial charge in [-0.15, -0.1) is 0 Å². The van der Waals surface area contributed by atoms with Gasteiger partial charge in [-0.2, -0.15) is 0 Å². The molecule has 1 unspecified atom stereocenters. The van der Waals surface area contributed by atoms with Gasteiger partial charge in [0, 0.05) is 12.4 Å². The highest BCUT2D eigenvalue weighted by Crippen LogP contribution is 2.10. The molecule has 2 aromatic rings. The highest BCUT2D eigenvalue weighted by molar-refractivity contribution is 5.37. The topological polar surface area (TPSA) is 76.4 Å². The largest absolute Gasteiger partial charge is 0.394 e. The van der Waals surface area contributed by atoms with Crippen molar-refractivity contribution in [1.82, 2.24) is 14.4 Å². The number of imidazole rings is 1. The van der Waals surface area contributed by atoms with Gasteiger partial charge < -0.3 is 10.8 Å². The molecule has 13 heavy (non-hydrogen) atoms. The Morgan fingerprint density at radius 3 is 3.15 bits per heavy atom. The summed E-state index contributed by atoms with van der Waals surface area (Å²) >= 11 is 0. The van der Waals surface area contributed by atoms with Crippen molar-refractivity contribution in [3.8, 4) is 0 Å². The lowest BCUT2D eigenvalue weighted by Gasteiger charge is -2.06. The summed E-state index contributed by atoms with van der Waals surface area (Å²) in [6.07, 6.45) is 6.72. The van der Waals surface area contributed by atoms with Crippen LogP contribution in [-0.2, 0) is 0 Å². The van der Waals surface area contributed by atoms with Crippen LogP contribution in [0.1, 0.15) is 11.7 Å². The quantitative estimate of drug-likeness (QED) is 0.663. The summed E-state index contributed by atoms with van der Waals surface area (Å²) in [6.45, 7) is -0.0872. The number of rotatable bonds is 2. The monoisotopic (exact) mass is 178 g/mol. The van der Waals surface area contributed by atoms with Crippen molar-refractivity contribution in [2.24, 2.45) is 5.73 Å². The second kappa shape index (κ2) is 3.12. The fraction of sp³-hybridized carbons (Fsp3) is 0.250.